The molecule has 0 saturated heterocycles. The molecule has 1 unspecified atom stereocenters. The van der Waals surface area contributed by atoms with E-state index in [1.165, 1.54) is 7.11 Å². The van der Waals surface area contributed by atoms with E-state index in [0.717, 1.165) is 5.56 Å². The number of ether oxygens (including phenoxy) is 1. The number of aliphatic hydroxyl groups excluding tert-OH is 1. The van der Waals surface area contributed by atoms with E-state index in [4.69, 9.17) is 5.11 Å². The fourth-order valence-electron chi connectivity index (χ4n) is 0.701. The monoisotopic (exact) mass is 137 g/mol. The molecular formula is C8H9O2. The number of hydrogen-bond donors (Lipinski definition) is 1. The van der Waals surface area contributed by atoms with E-state index in [2.05, 4.69) is 10.8 Å². The van der Waals surface area contributed by atoms with Crippen LogP contribution in [0, 0.1) is 6.07 Å². The highest BCUT2D eigenvalue weighted by Crippen LogP contribution is 2.10. The molecule has 0 bridgehead atoms. The van der Waals surface area contributed by atoms with Crippen molar-refractivity contribution < 1.29 is 9.84 Å². The molecule has 1 radical (unpaired) electrons. The molecule has 0 saturated carbocycles. The maximum absolute atomic E-state index is 9.09. The summed E-state index contributed by atoms with van der Waals surface area (Å²) in [6, 6.07) is 9.83. The third kappa shape index (κ3) is 1.56. The van der Waals surface area contributed by atoms with E-state index in [1.54, 1.807) is 24.3 Å². The Hall–Kier alpha value is -0.860. The highest BCUT2D eigenvalue weighted by molar-refractivity contribution is 5.14. The Balaban J connectivity index is 2.75. The van der Waals surface area contributed by atoms with Gasteiger partial charge in [-0.05, 0) is 6.07 Å². The Labute approximate surface area is 60.1 Å². The van der Waals surface area contributed by atoms with Gasteiger partial charge in [0.15, 0.2) is 6.29 Å². The maximum Gasteiger partial charge on any atom is 0.180 e. The molecule has 1 atom stereocenters. The van der Waals surface area contributed by atoms with Crippen molar-refractivity contribution in [2.24, 2.45) is 0 Å². The minimum atomic E-state index is -0.811. The van der Waals surface area contributed by atoms with Gasteiger partial charge in [-0.3, -0.25) is 0 Å². The third-order valence-electron chi connectivity index (χ3n) is 1.25. The van der Waals surface area contributed by atoms with E-state index in [-0.39, 0.29) is 0 Å². The largest absolute Gasteiger partial charge is 0.364 e. The molecule has 0 heterocycles. The molecule has 0 spiro atoms. The summed E-state index contributed by atoms with van der Waals surface area (Å²) in [5.74, 6) is 0. The van der Waals surface area contributed by atoms with Crippen LogP contribution in [0.2, 0.25) is 0 Å². The van der Waals surface area contributed by atoms with Crippen molar-refractivity contribution in [3.05, 3.63) is 35.9 Å². The van der Waals surface area contributed by atoms with Crippen molar-refractivity contribution in [2.75, 3.05) is 7.11 Å². The molecule has 0 aliphatic carbocycles. The van der Waals surface area contributed by atoms with Crippen LogP contribution >= 0.6 is 0 Å². The number of hydrogen-bond acceptors (Lipinski definition) is 2. The molecule has 2 nitrogen and oxygen atoms in total. The predicted molar refractivity (Wildman–Crippen MR) is 37.2 cm³/mol. The van der Waals surface area contributed by atoms with E-state index >= 15 is 0 Å². The summed E-state index contributed by atoms with van der Waals surface area (Å²) in [5, 5.41) is 9.09. The van der Waals surface area contributed by atoms with Crippen LogP contribution in [0.25, 0.3) is 0 Å². The van der Waals surface area contributed by atoms with Gasteiger partial charge in [-0.1, -0.05) is 24.3 Å². The topological polar surface area (TPSA) is 29.5 Å². The third-order valence-corrected chi connectivity index (χ3v) is 1.25. The first-order valence-corrected chi connectivity index (χ1v) is 3.01. The summed E-state index contributed by atoms with van der Waals surface area (Å²) >= 11 is 0. The lowest BCUT2D eigenvalue weighted by atomic mass is 10.2. The Morgan fingerprint density at radius 3 is 2.60 bits per heavy atom. The van der Waals surface area contributed by atoms with Crippen molar-refractivity contribution in [1.82, 2.24) is 0 Å². The molecular weight excluding hydrogens is 128 g/mol. The average molecular weight is 137 g/mol. The Morgan fingerprint density at radius 1 is 1.50 bits per heavy atom. The molecule has 0 aliphatic rings. The Morgan fingerprint density at radius 2 is 2.10 bits per heavy atom. The van der Waals surface area contributed by atoms with Crippen LogP contribution in [0.15, 0.2) is 24.3 Å². The van der Waals surface area contributed by atoms with E-state index < -0.39 is 6.29 Å². The summed E-state index contributed by atoms with van der Waals surface area (Å²) < 4.78 is 4.68. The molecule has 0 aromatic heterocycles. The Bertz CT molecular complexity index is 184. The molecule has 1 N–H and O–H groups in total. The molecule has 0 aliphatic heterocycles. The van der Waals surface area contributed by atoms with E-state index in [0.29, 0.717) is 0 Å². The van der Waals surface area contributed by atoms with Crippen molar-refractivity contribution in [3.8, 4) is 0 Å². The van der Waals surface area contributed by atoms with Gasteiger partial charge in [-0.2, -0.15) is 0 Å². The number of benzene rings is 1. The zero-order valence-electron chi connectivity index (χ0n) is 5.74. The lowest BCUT2D eigenvalue weighted by Crippen LogP contribution is -1.97. The van der Waals surface area contributed by atoms with Gasteiger partial charge < -0.3 is 9.84 Å². The van der Waals surface area contributed by atoms with Crippen LogP contribution in [0.4, 0.5) is 0 Å². The smallest absolute Gasteiger partial charge is 0.180 e. The van der Waals surface area contributed by atoms with Crippen molar-refractivity contribution in [3.63, 3.8) is 0 Å². The SMILES string of the molecule is COC(O)c1cc[c]cc1. The standard InChI is InChI=1S/C8H9O2/c1-10-8(9)7-5-3-2-4-6-7/h3-6,8-9H,1H3. The van der Waals surface area contributed by atoms with Gasteiger partial charge in [0.2, 0.25) is 0 Å². The van der Waals surface area contributed by atoms with E-state index in [9.17, 15) is 0 Å². The molecule has 0 amide bonds. The zero-order chi connectivity index (χ0) is 7.40. The summed E-state index contributed by atoms with van der Waals surface area (Å²) in [6.07, 6.45) is -0.811. The molecule has 10 heavy (non-hydrogen) atoms. The van der Waals surface area contributed by atoms with E-state index in [1.807, 2.05) is 0 Å². The first kappa shape index (κ1) is 7.25. The second-order valence-electron chi connectivity index (χ2n) is 1.92. The Kier molecular flexibility index (Phi) is 2.42. The number of methoxy groups -OCH3 is 1. The lowest BCUT2D eigenvalue weighted by molar-refractivity contribution is -0.0769. The fourth-order valence-corrected chi connectivity index (χ4v) is 0.701. The minimum Gasteiger partial charge on any atom is -0.364 e. The van der Waals surface area contributed by atoms with Crippen molar-refractivity contribution in [1.29, 1.82) is 0 Å². The van der Waals surface area contributed by atoms with Crippen molar-refractivity contribution >= 4 is 0 Å². The van der Waals surface area contributed by atoms with Gasteiger partial charge in [0.05, 0.1) is 0 Å². The van der Waals surface area contributed by atoms with Crippen molar-refractivity contribution in [2.45, 2.75) is 6.29 Å². The summed E-state index contributed by atoms with van der Waals surface area (Å²) in [6.45, 7) is 0. The van der Waals surface area contributed by atoms with Gasteiger partial charge in [-0.25, -0.2) is 0 Å². The number of aliphatic hydroxyl groups is 1. The average Bonchev–Trinajstić information content (AvgIpc) is 2.05. The first-order valence-electron chi connectivity index (χ1n) is 3.01. The second kappa shape index (κ2) is 3.34. The first-order chi connectivity index (χ1) is 4.84. The van der Waals surface area contributed by atoms with Gasteiger partial charge in [0.1, 0.15) is 0 Å². The molecule has 1 rings (SSSR count). The predicted octanol–water partition coefficient (Wildman–Crippen LogP) is 1.12. The molecule has 2 heteroatoms. The van der Waals surface area contributed by atoms with Crippen LogP contribution in [-0.2, 0) is 4.74 Å². The van der Waals surface area contributed by atoms with Crippen LogP contribution in [-0.4, -0.2) is 12.2 Å². The quantitative estimate of drug-likeness (QED) is 0.619. The van der Waals surface area contributed by atoms with Crippen LogP contribution < -0.4 is 0 Å². The maximum atomic E-state index is 9.09. The molecule has 1 aromatic carbocycles. The molecule has 0 fully saturated rings. The van der Waals surface area contributed by atoms with Gasteiger partial charge in [0.25, 0.3) is 0 Å². The highest BCUT2D eigenvalue weighted by atomic mass is 16.6. The van der Waals surface area contributed by atoms with Crippen LogP contribution in [0.1, 0.15) is 11.9 Å². The second-order valence-corrected chi connectivity index (χ2v) is 1.92. The van der Waals surface area contributed by atoms with Crippen LogP contribution in [0.5, 0.6) is 0 Å². The summed E-state index contributed by atoms with van der Waals surface area (Å²) in [7, 11) is 1.46. The summed E-state index contributed by atoms with van der Waals surface area (Å²) in [4.78, 5) is 0. The fraction of sp³-hybridized carbons (Fsp3) is 0.250. The number of rotatable bonds is 2. The zero-order valence-corrected chi connectivity index (χ0v) is 5.74. The normalized spacial score (nSPS) is 13.0. The van der Waals surface area contributed by atoms with Gasteiger partial charge in [-0.15, -0.1) is 0 Å². The lowest BCUT2D eigenvalue weighted by Gasteiger charge is -2.06. The van der Waals surface area contributed by atoms with Gasteiger partial charge >= 0.3 is 0 Å². The molecule has 53 valence electrons. The minimum absolute atomic E-state index is 0.751. The summed E-state index contributed by atoms with van der Waals surface area (Å²) in [5.41, 5.74) is 0.751. The van der Waals surface area contributed by atoms with Gasteiger partial charge in [0, 0.05) is 12.7 Å². The molecule has 1 aromatic rings. The highest BCUT2D eigenvalue weighted by Gasteiger charge is 2.01. The van der Waals surface area contributed by atoms with Crippen LogP contribution in [0.3, 0.4) is 0 Å².